The summed E-state index contributed by atoms with van der Waals surface area (Å²) in [5.74, 6) is -0.872. The van der Waals surface area contributed by atoms with Crippen LogP contribution < -0.4 is 5.73 Å². The topological polar surface area (TPSA) is 70.1 Å². The minimum absolute atomic E-state index is 0.0158. The molecule has 37 heavy (non-hydrogen) atoms. The molecule has 7 heteroatoms. The third-order valence-electron chi connectivity index (χ3n) is 6.47. The molecule has 0 heterocycles. The number of nitrogens with zero attached hydrogens (tertiary/aromatic N) is 2. The number of amides is 1. The van der Waals surface area contributed by atoms with Crippen molar-refractivity contribution >= 4 is 27.5 Å². The van der Waals surface area contributed by atoms with E-state index in [1.807, 2.05) is 62.4 Å². The molecule has 0 saturated carbocycles. The average Bonchev–Trinajstić information content (AvgIpc) is 2.86. The number of halogens is 3. The standard InChI is InChI=1S/C30H28F3N3O/c1-19(2)17-26(35)29(37)36(16-15-34)28(30(31,32)33)21-13-11-20(12-14-21)27-24-9-5-3-7-22(24)18-23-8-4-6-10-25(23)27/h3-14,18-19,26,28H,16-17,35H2,1-2H3/t26-,28-/m0/s1. The third kappa shape index (κ3) is 5.45. The van der Waals surface area contributed by atoms with Gasteiger partial charge in [0.05, 0.1) is 12.1 Å². The highest BCUT2D eigenvalue weighted by Gasteiger charge is 2.47. The molecule has 2 atom stereocenters. The molecular weight excluding hydrogens is 475 g/mol. The van der Waals surface area contributed by atoms with Crippen LogP contribution in [-0.4, -0.2) is 29.6 Å². The van der Waals surface area contributed by atoms with Crippen LogP contribution in [0.15, 0.2) is 78.9 Å². The lowest BCUT2D eigenvalue weighted by Crippen LogP contribution is -2.49. The summed E-state index contributed by atoms with van der Waals surface area (Å²) in [5.41, 5.74) is 7.50. The quantitative estimate of drug-likeness (QED) is 0.218. The van der Waals surface area contributed by atoms with Crippen molar-refractivity contribution in [1.29, 1.82) is 5.26 Å². The highest BCUT2D eigenvalue weighted by Crippen LogP contribution is 2.41. The van der Waals surface area contributed by atoms with Crippen LogP contribution in [0.25, 0.3) is 32.7 Å². The van der Waals surface area contributed by atoms with Gasteiger partial charge in [0.25, 0.3) is 0 Å². The van der Waals surface area contributed by atoms with Gasteiger partial charge in [0.15, 0.2) is 6.04 Å². The van der Waals surface area contributed by atoms with Crippen LogP contribution in [0.2, 0.25) is 0 Å². The molecule has 1 amide bonds. The van der Waals surface area contributed by atoms with Crippen LogP contribution >= 0.6 is 0 Å². The van der Waals surface area contributed by atoms with Gasteiger partial charge in [-0.05, 0) is 56.6 Å². The van der Waals surface area contributed by atoms with Crippen molar-refractivity contribution < 1.29 is 18.0 Å². The second-order valence-corrected chi connectivity index (χ2v) is 9.62. The monoisotopic (exact) mass is 503 g/mol. The van der Waals surface area contributed by atoms with Crippen LogP contribution in [0.1, 0.15) is 31.9 Å². The first-order chi connectivity index (χ1) is 17.6. The Balaban J connectivity index is 1.81. The van der Waals surface area contributed by atoms with Gasteiger partial charge in [-0.25, -0.2) is 0 Å². The largest absolute Gasteiger partial charge is 0.413 e. The number of carbonyl (C=O) groups is 1. The molecule has 4 aromatic carbocycles. The number of hydrogen-bond acceptors (Lipinski definition) is 3. The molecule has 4 aromatic rings. The molecule has 0 radical (unpaired) electrons. The van der Waals surface area contributed by atoms with Gasteiger partial charge in [-0.3, -0.25) is 4.79 Å². The molecule has 0 aromatic heterocycles. The first-order valence-electron chi connectivity index (χ1n) is 12.1. The Morgan fingerprint density at radius 2 is 1.49 bits per heavy atom. The molecule has 0 aliphatic heterocycles. The first-order valence-corrected chi connectivity index (χ1v) is 12.1. The summed E-state index contributed by atoms with van der Waals surface area (Å²) in [6.45, 7) is 2.95. The smallest absolute Gasteiger partial charge is 0.320 e. The molecule has 0 bridgehead atoms. The number of carbonyl (C=O) groups excluding carboxylic acids is 1. The maximum atomic E-state index is 14.4. The van der Waals surface area contributed by atoms with Gasteiger partial charge in [0, 0.05) is 0 Å². The van der Waals surface area contributed by atoms with E-state index in [9.17, 15) is 23.2 Å². The number of rotatable bonds is 7. The summed E-state index contributed by atoms with van der Waals surface area (Å²) in [7, 11) is 0. The van der Waals surface area contributed by atoms with E-state index in [2.05, 4.69) is 6.07 Å². The zero-order valence-electron chi connectivity index (χ0n) is 20.7. The molecule has 4 nitrogen and oxygen atoms in total. The maximum Gasteiger partial charge on any atom is 0.413 e. The SMILES string of the molecule is CC(C)C[C@H](N)C(=O)N(CC#N)[C@@H](c1ccc(-c2c3ccccc3cc3ccccc23)cc1)C(F)(F)F. The van der Waals surface area contributed by atoms with Gasteiger partial charge in [0.1, 0.15) is 6.54 Å². The fourth-order valence-electron chi connectivity index (χ4n) is 4.90. The second kappa shape index (κ2) is 10.6. The van der Waals surface area contributed by atoms with Gasteiger partial charge in [-0.1, -0.05) is 86.6 Å². The van der Waals surface area contributed by atoms with Crippen molar-refractivity contribution in [2.24, 2.45) is 11.7 Å². The van der Waals surface area contributed by atoms with Crippen LogP contribution in [-0.2, 0) is 4.79 Å². The van der Waals surface area contributed by atoms with Crippen molar-refractivity contribution in [3.8, 4) is 17.2 Å². The van der Waals surface area contributed by atoms with Crippen molar-refractivity contribution in [2.45, 2.75) is 38.5 Å². The number of benzene rings is 4. The van der Waals surface area contributed by atoms with Gasteiger partial charge in [-0.2, -0.15) is 18.4 Å². The number of fused-ring (bicyclic) bond motifs is 2. The van der Waals surface area contributed by atoms with Crippen LogP contribution in [0.5, 0.6) is 0 Å². The Morgan fingerprint density at radius 1 is 0.946 bits per heavy atom. The molecule has 2 N–H and O–H groups in total. The number of nitriles is 1. The molecule has 0 unspecified atom stereocenters. The van der Waals surface area contributed by atoms with Crippen molar-refractivity contribution in [2.75, 3.05) is 6.54 Å². The second-order valence-electron chi connectivity index (χ2n) is 9.62. The lowest BCUT2D eigenvalue weighted by Gasteiger charge is -2.33. The Kier molecular flexibility index (Phi) is 7.51. The maximum absolute atomic E-state index is 14.4. The molecule has 4 rings (SSSR count). The Bertz CT molecular complexity index is 1400. The first kappa shape index (κ1) is 26.2. The van der Waals surface area contributed by atoms with E-state index in [0.29, 0.717) is 4.90 Å². The Hall–Kier alpha value is -3.89. The lowest BCUT2D eigenvalue weighted by atomic mass is 9.91. The van der Waals surface area contributed by atoms with Crippen molar-refractivity contribution in [1.82, 2.24) is 4.90 Å². The fraction of sp³-hybridized carbons (Fsp3) is 0.267. The van der Waals surface area contributed by atoms with Crippen LogP contribution in [0, 0.1) is 17.2 Å². The molecule has 0 aliphatic rings. The predicted octanol–water partition coefficient (Wildman–Crippen LogP) is 6.99. The molecule has 0 fully saturated rings. The summed E-state index contributed by atoms with van der Waals surface area (Å²) in [6.07, 6.45) is -4.57. The molecule has 0 spiro atoms. The van der Waals surface area contributed by atoms with E-state index < -0.39 is 30.7 Å². The van der Waals surface area contributed by atoms with E-state index in [1.54, 1.807) is 18.2 Å². The highest BCUT2D eigenvalue weighted by atomic mass is 19.4. The highest BCUT2D eigenvalue weighted by molar-refractivity contribution is 6.12. The van der Waals surface area contributed by atoms with Gasteiger partial charge >= 0.3 is 6.18 Å². The summed E-state index contributed by atoms with van der Waals surface area (Å²) < 4.78 is 43.1. The van der Waals surface area contributed by atoms with E-state index in [4.69, 9.17) is 5.73 Å². The van der Waals surface area contributed by atoms with Crippen LogP contribution in [0.4, 0.5) is 13.2 Å². The third-order valence-corrected chi connectivity index (χ3v) is 6.47. The molecule has 190 valence electrons. The van der Waals surface area contributed by atoms with E-state index >= 15 is 0 Å². The normalized spacial score (nSPS) is 13.5. The zero-order chi connectivity index (χ0) is 26.7. The summed E-state index contributed by atoms with van der Waals surface area (Å²) in [4.78, 5) is 13.5. The molecule has 0 saturated heterocycles. The van der Waals surface area contributed by atoms with Gasteiger partial charge < -0.3 is 10.6 Å². The summed E-state index contributed by atoms with van der Waals surface area (Å²) in [6, 6.07) is 22.2. The molecular formula is C30H28F3N3O. The van der Waals surface area contributed by atoms with E-state index in [-0.39, 0.29) is 17.9 Å². The summed E-state index contributed by atoms with van der Waals surface area (Å²) >= 11 is 0. The zero-order valence-corrected chi connectivity index (χ0v) is 20.7. The lowest BCUT2D eigenvalue weighted by molar-refractivity contribution is -0.191. The average molecular weight is 504 g/mol. The van der Waals surface area contributed by atoms with Gasteiger partial charge in [0.2, 0.25) is 5.91 Å². The Labute approximate surface area is 214 Å². The van der Waals surface area contributed by atoms with Crippen LogP contribution in [0.3, 0.4) is 0 Å². The minimum Gasteiger partial charge on any atom is -0.320 e. The fourth-order valence-corrected chi connectivity index (χ4v) is 4.90. The Morgan fingerprint density at radius 3 is 1.97 bits per heavy atom. The van der Waals surface area contributed by atoms with Gasteiger partial charge in [-0.15, -0.1) is 0 Å². The van der Waals surface area contributed by atoms with E-state index in [1.165, 1.54) is 12.1 Å². The number of hydrogen-bond donors (Lipinski definition) is 1. The summed E-state index contributed by atoms with van der Waals surface area (Å²) in [5, 5.41) is 13.3. The minimum atomic E-state index is -4.79. The van der Waals surface area contributed by atoms with Crippen molar-refractivity contribution in [3.05, 3.63) is 84.4 Å². The number of nitrogens with two attached hydrogens (primary N) is 1. The van der Waals surface area contributed by atoms with E-state index in [0.717, 1.165) is 32.7 Å². The number of alkyl halides is 3. The predicted molar refractivity (Wildman–Crippen MR) is 140 cm³/mol. The van der Waals surface area contributed by atoms with Crippen molar-refractivity contribution in [3.63, 3.8) is 0 Å². The molecule has 0 aliphatic carbocycles.